The maximum Gasteiger partial charge on any atom is 0.0921 e. The number of rotatable bonds is 4. The van der Waals surface area contributed by atoms with Gasteiger partial charge in [-0.25, -0.2) is 4.98 Å². The molecule has 0 unspecified atom stereocenters. The minimum absolute atomic E-state index is 0.552. The average Bonchev–Trinajstić information content (AvgIpc) is 2.74. The van der Waals surface area contributed by atoms with Crippen molar-refractivity contribution in [3.8, 4) is 0 Å². The van der Waals surface area contributed by atoms with E-state index in [4.69, 9.17) is 0 Å². The molecule has 4 nitrogen and oxygen atoms in total. The lowest BCUT2D eigenvalue weighted by molar-refractivity contribution is 0.478. The van der Waals surface area contributed by atoms with Crippen LogP contribution in [0.2, 0.25) is 0 Å². The van der Waals surface area contributed by atoms with Crippen LogP contribution in [0, 0.1) is 0 Å². The van der Waals surface area contributed by atoms with Crippen LogP contribution in [0.25, 0.3) is 0 Å². The molecule has 0 atom stereocenters. The molecule has 1 fully saturated rings. The maximum atomic E-state index is 11.1. The molecule has 0 amide bonds. The van der Waals surface area contributed by atoms with E-state index in [2.05, 4.69) is 15.3 Å². The molecule has 84 valence electrons. The highest BCUT2D eigenvalue weighted by molar-refractivity contribution is 7.85. The van der Waals surface area contributed by atoms with E-state index in [1.54, 1.807) is 6.33 Å². The van der Waals surface area contributed by atoms with Crippen molar-refractivity contribution in [3.63, 3.8) is 0 Å². The molecule has 1 saturated heterocycles. The number of aromatic nitrogens is 2. The summed E-state index contributed by atoms with van der Waals surface area (Å²) < 4.78 is 11.1. The van der Waals surface area contributed by atoms with E-state index in [-0.39, 0.29) is 0 Å². The van der Waals surface area contributed by atoms with Crippen molar-refractivity contribution >= 4 is 10.8 Å². The molecule has 1 aromatic heterocycles. The Morgan fingerprint density at radius 1 is 1.53 bits per heavy atom. The summed E-state index contributed by atoms with van der Waals surface area (Å²) in [5, 5.41) is 3.50. The van der Waals surface area contributed by atoms with Crippen molar-refractivity contribution in [3.05, 3.63) is 18.2 Å². The lowest BCUT2D eigenvalue weighted by Gasteiger charge is -2.22. The van der Waals surface area contributed by atoms with Gasteiger partial charge in [0, 0.05) is 53.2 Å². The molecular formula is C10H17N3OS. The van der Waals surface area contributed by atoms with E-state index in [1.165, 1.54) is 5.69 Å². The maximum absolute atomic E-state index is 11.1. The molecule has 0 bridgehead atoms. The lowest BCUT2D eigenvalue weighted by Crippen LogP contribution is -2.36. The average molecular weight is 227 g/mol. The quantitative estimate of drug-likeness (QED) is 0.785. The van der Waals surface area contributed by atoms with E-state index in [9.17, 15) is 4.21 Å². The van der Waals surface area contributed by atoms with Crippen LogP contribution in [0.4, 0.5) is 0 Å². The van der Waals surface area contributed by atoms with E-state index in [0.29, 0.717) is 6.04 Å². The number of hydrogen-bond acceptors (Lipinski definition) is 3. The highest BCUT2D eigenvalue weighted by Gasteiger charge is 2.16. The van der Waals surface area contributed by atoms with Crippen LogP contribution >= 0.6 is 0 Å². The smallest absolute Gasteiger partial charge is 0.0921 e. The number of H-pyrrole nitrogens is 1. The van der Waals surface area contributed by atoms with Crippen molar-refractivity contribution in [2.75, 3.05) is 18.1 Å². The van der Waals surface area contributed by atoms with Crippen LogP contribution < -0.4 is 5.32 Å². The monoisotopic (exact) mass is 227 g/mol. The first-order valence-electron chi connectivity index (χ1n) is 5.40. The summed E-state index contributed by atoms with van der Waals surface area (Å²) >= 11 is 0. The van der Waals surface area contributed by atoms with Gasteiger partial charge in [0.25, 0.3) is 0 Å². The van der Waals surface area contributed by atoms with Gasteiger partial charge in [0.2, 0.25) is 0 Å². The van der Waals surface area contributed by atoms with Gasteiger partial charge in [-0.15, -0.1) is 0 Å². The lowest BCUT2D eigenvalue weighted by atomic mass is 10.1. The van der Waals surface area contributed by atoms with Gasteiger partial charge in [0.15, 0.2) is 0 Å². The van der Waals surface area contributed by atoms with Gasteiger partial charge in [-0.1, -0.05) is 0 Å². The van der Waals surface area contributed by atoms with Gasteiger partial charge in [-0.2, -0.15) is 0 Å². The fraction of sp³-hybridized carbons (Fsp3) is 0.700. The van der Waals surface area contributed by atoms with E-state index in [1.807, 2.05) is 6.20 Å². The van der Waals surface area contributed by atoms with Crippen molar-refractivity contribution in [1.29, 1.82) is 0 Å². The number of nitrogens with one attached hydrogen (secondary N) is 2. The summed E-state index contributed by atoms with van der Waals surface area (Å²) in [7, 11) is -0.552. The van der Waals surface area contributed by atoms with Gasteiger partial charge in [0.05, 0.1) is 6.33 Å². The molecule has 0 aromatic carbocycles. The molecular weight excluding hydrogens is 210 g/mol. The zero-order valence-electron chi connectivity index (χ0n) is 8.74. The van der Waals surface area contributed by atoms with Crippen LogP contribution in [0.3, 0.4) is 0 Å². The summed E-state index contributed by atoms with van der Waals surface area (Å²) in [6, 6.07) is 0.561. The molecule has 5 heteroatoms. The molecule has 2 rings (SSSR count). The third-order valence-corrected chi connectivity index (χ3v) is 4.15. The van der Waals surface area contributed by atoms with Crippen LogP contribution in [0.15, 0.2) is 12.5 Å². The van der Waals surface area contributed by atoms with Crippen LogP contribution in [0.5, 0.6) is 0 Å². The first-order chi connectivity index (χ1) is 7.34. The second-order valence-corrected chi connectivity index (χ2v) is 5.60. The van der Waals surface area contributed by atoms with E-state index < -0.39 is 10.8 Å². The Kier molecular flexibility index (Phi) is 3.91. The van der Waals surface area contributed by atoms with Crippen molar-refractivity contribution in [1.82, 2.24) is 15.3 Å². The molecule has 1 aliphatic heterocycles. The Bertz CT molecular complexity index is 302. The molecule has 0 aliphatic carbocycles. The predicted molar refractivity (Wildman–Crippen MR) is 61.2 cm³/mol. The second kappa shape index (κ2) is 5.42. The highest BCUT2D eigenvalue weighted by Crippen LogP contribution is 2.08. The Hall–Kier alpha value is -0.680. The fourth-order valence-corrected chi connectivity index (χ4v) is 3.13. The van der Waals surface area contributed by atoms with Crippen molar-refractivity contribution in [2.24, 2.45) is 0 Å². The molecule has 0 radical (unpaired) electrons. The molecule has 2 N–H and O–H groups in total. The SMILES string of the molecule is O=S1CCC(NCCc2cnc[nH]2)CC1. The zero-order chi connectivity index (χ0) is 10.5. The Balaban J connectivity index is 1.64. The summed E-state index contributed by atoms with van der Waals surface area (Å²) in [5.74, 6) is 1.73. The Morgan fingerprint density at radius 3 is 3.00 bits per heavy atom. The Morgan fingerprint density at radius 2 is 2.33 bits per heavy atom. The summed E-state index contributed by atoms with van der Waals surface area (Å²) in [6.45, 7) is 0.972. The second-order valence-electron chi connectivity index (χ2n) is 3.90. The summed E-state index contributed by atoms with van der Waals surface area (Å²) in [5.41, 5.74) is 1.17. The standard InChI is InChI=1S/C10H17N3OS/c14-15-5-2-9(3-6-15)12-4-1-10-7-11-8-13-10/h7-9,12H,1-6H2,(H,11,13). The van der Waals surface area contributed by atoms with Gasteiger partial charge in [-0.3, -0.25) is 4.21 Å². The van der Waals surface area contributed by atoms with E-state index >= 15 is 0 Å². The van der Waals surface area contributed by atoms with Crippen LogP contribution in [-0.2, 0) is 17.2 Å². The molecule has 1 aromatic rings. The Labute approximate surface area is 92.3 Å². The molecule has 2 heterocycles. The number of imidazole rings is 1. The van der Waals surface area contributed by atoms with Gasteiger partial charge >= 0.3 is 0 Å². The van der Waals surface area contributed by atoms with Crippen LogP contribution in [0.1, 0.15) is 18.5 Å². The molecule has 0 saturated carbocycles. The third-order valence-electron chi connectivity index (χ3n) is 2.77. The van der Waals surface area contributed by atoms with Gasteiger partial charge < -0.3 is 10.3 Å². The first kappa shape index (κ1) is 10.8. The predicted octanol–water partition coefficient (Wildman–Crippen LogP) is 0.453. The van der Waals surface area contributed by atoms with Gasteiger partial charge in [0.1, 0.15) is 0 Å². The van der Waals surface area contributed by atoms with Gasteiger partial charge in [-0.05, 0) is 12.8 Å². The normalized spacial score (nSPS) is 26.7. The molecule has 0 spiro atoms. The number of aromatic amines is 1. The number of nitrogens with zero attached hydrogens (tertiary/aromatic N) is 1. The zero-order valence-corrected chi connectivity index (χ0v) is 9.55. The van der Waals surface area contributed by atoms with Crippen LogP contribution in [-0.4, -0.2) is 38.3 Å². The van der Waals surface area contributed by atoms with Crippen molar-refractivity contribution < 1.29 is 4.21 Å². The van der Waals surface area contributed by atoms with E-state index in [0.717, 1.165) is 37.3 Å². The van der Waals surface area contributed by atoms with Crippen molar-refractivity contribution in [2.45, 2.75) is 25.3 Å². The topological polar surface area (TPSA) is 57.8 Å². The minimum Gasteiger partial charge on any atom is -0.348 e. The largest absolute Gasteiger partial charge is 0.348 e. The molecule has 1 aliphatic rings. The summed E-state index contributed by atoms with van der Waals surface area (Å²) in [6.07, 6.45) is 6.65. The fourth-order valence-electron chi connectivity index (χ4n) is 1.83. The third kappa shape index (κ3) is 3.43. The number of hydrogen-bond donors (Lipinski definition) is 2. The molecule has 15 heavy (non-hydrogen) atoms. The summed E-state index contributed by atoms with van der Waals surface area (Å²) in [4.78, 5) is 7.06. The minimum atomic E-state index is -0.552. The highest BCUT2D eigenvalue weighted by atomic mass is 32.2. The first-order valence-corrected chi connectivity index (χ1v) is 6.89.